The SMILES string of the molecule is CCCc1nn(C)c2c(=O)n(CCOc3ccc(CC(OCC)C(=O)O)cc3)c(CC)nc12.[CaH2]. The molecule has 3 aromatic rings. The second kappa shape index (κ2) is 13.2. The van der Waals surface area contributed by atoms with E-state index >= 15 is 0 Å². The molecule has 0 aliphatic heterocycles. The molecular formula is C24H34CaN4O5. The Labute approximate surface area is 229 Å². The molecule has 0 aliphatic rings. The molecule has 182 valence electrons. The molecule has 10 heteroatoms. The summed E-state index contributed by atoms with van der Waals surface area (Å²) >= 11 is 0. The second-order valence-corrected chi connectivity index (χ2v) is 7.83. The monoisotopic (exact) mass is 498 g/mol. The van der Waals surface area contributed by atoms with Crippen molar-refractivity contribution in [3.8, 4) is 5.75 Å². The molecule has 0 amide bonds. The van der Waals surface area contributed by atoms with Crippen LogP contribution in [-0.4, -0.2) is 87.5 Å². The van der Waals surface area contributed by atoms with E-state index in [2.05, 4.69) is 12.0 Å². The number of benzene rings is 1. The number of fused-ring (bicyclic) bond motifs is 1. The molecule has 0 saturated heterocycles. The number of rotatable bonds is 12. The molecule has 1 N–H and O–H groups in total. The molecule has 3 rings (SSSR count). The van der Waals surface area contributed by atoms with E-state index in [0.29, 0.717) is 48.8 Å². The number of nitrogens with zero attached hydrogens (tertiary/aromatic N) is 4. The Bertz CT molecular complexity index is 1160. The molecule has 1 atom stereocenters. The van der Waals surface area contributed by atoms with E-state index < -0.39 is 12.1 Å². The number of ether oxygens (including phenoxy) is 2. The van der Waals surface area contributed by atoms with Gasteiger partial charge >= 0.3 is 43.7 Å². The summed E-state index contributed by atoms with van der Waals surface area (Å²) in [7, 11) is 1.78. The maximum atomic E-state index is 13.2. The van der Waals surface area contributed by atoms with Crippen LogP contribution in [0.4, 0.5) is 0 Å². The van der Waals surface area contributed by atoms with Crippen molar-refractivity contribution in [1.82, 2.24) is 19.3 Å². The first-order chi connectivity index (χ1) is 15.9. The molecular weight excluding hydrogens is 464 g/mol. The first-order valence-corrected chi connectivity index (χ1v) is 11.4. The van der Waals surface area contributed by atoms with E-state index in [1.54, 1.807) is 35.4 Å². The summed E-state index contributed by atoms with van der Waals surface area (Å²) in [4.78, 5) is 29.2. The summed E-state index contributed by atoms with van der Waals surface area (Å²) in [5.74, 6) is 0.385. The number of aromatic nitrogens is 4. The molecule has 0 aliphatic carbocycles. The minimum atomic E-state index is -0.977. The molecule has 2 aromatic heterocycles. The van der Waals surface area contributed by atoms with Gasteiger partial charge in [0.2, 0.25) is 0 Å². The van der Waals surface area contributed by atoms with E-state index in [-0.39, 0.29) is 49.7 Å². The number of aliphatic carboxylic acids is 1. The number of aryl methyl sites for hydroxylation is 3. The van der Waals surface area contributed by atoms with Crippen LogP contribution in [0.2, 0.25) is 0 Å². The molecule has 9 nitrogen and oxygen atoms in total. The summed E-state index contributed by atoms with van der Waals surface area (Å²) < 4.78 is 14.4. The molecule has 2 heterocycles. The Morgan fingerprint density at radius 2 is 1.88 bits per heavy atom. The van der Waals surface area contributed by atoms with Crippen LogP contribution in [-0.2, 0) is 42.4 Å². The molecule has 1 aromatic carbocycles. The fourth-order valence-corrected chi connectivity index (χ4v) is 3.88. The second-order valence-electron chi connectivity index (χ2n) is 7.83. The van der Waals surface area contributed by atoms with Gasteiger partial charge in [0.1, 0.15) is 23.7 Å². The van der Waals surface area contributed by atoms with Gasteiger partial charge in [0.05, 0.1) is 12.2 Å². The molecule has 34 heavy (non-hydrogen) atoms. The summed E-state index contributed by atoms with van der Waals surface area (Å²) in [6.07, 6.45) is 1.77. The minimum absolute atomic E-state index is 0. The maximum absolute atomic E-state index is 13.2. The summed E-state index contributed by atoms with van der Waals surface area (Å²) in [5, 5.41) is 13.7. The van der Waals surface area contributed by atoms with E-state index in [4.69, 9.17) is 14.5 Å². The van der Waals surface area contributed by atoms with Gasteiger partial charge in [-0.3, -0.25) is 14.0 Å². The normalized spacial score (nSPS) is 11.9. The first-order valence-electron chi connectivity index (χ1n) is 11.4. The third-order valence-corrected chi connectivity index (χ3v) is 5.47. The van der Waals surface area contributed by atoms with Crippen molar-refractivity contribution in [2.24, 2.45) is 7.05 Å². The Morgan fingerprint density at radius 1 is 1.18 bits per heavy atom. The third kappa shape index (κ3) is 6.59. The zero-order valence-electron chi connectivity index (χ0n) is 19.7. The third-order valence-electron chi connectivity index (χ3n) is 5.47. The van der Waals surface area contributed by atoms with Crippen LogP contribution in [0.1, 0.15) is 44.3 Å². The van der Waals surface area contributed by atoms with Gasteiger partial charge in [-0.15, -0.1) is 0 Å². The molecule has 1 unspecified atom stereocenters. The van der Waals surface area contributed by atoms with E-state index in [1.165, 1.54) is 0 Å². The molecule has 0 bridgehead atoms. The Morgan fingerprint density at radius 3 is 2.47 bits per heavy atom. The van der Waals surface area contributed by atoms with Crippen molar-refractivity contribution < 1.29 is 19.4 Å². The van der Waals surface area contributed by atoms with Gasteiger partial charge in [0.15, 0.2) is 11.6 Å². The fraction of sp³-hybridized carbons (Fsp3) is 0.500. The number of carboxylic acid groups (broad SMARTS) is 1. The summed E-state index contributed by atoms with van der Waals surface area (Å²) in [6, 6.07) is 7.24. The van der Waals surface area contributed by atoms with Crippen LogP contribution in [0.5, 0.6) is 5.75 Å². The van der Waals surface area contributed by atoms with Crippen molar-refractivity contribution in [2.75, 3.05) is 13.2 Å². The Kier molecular flexibility index (Phi) is 11.0. The van der Waals surface area contributed by atoms with Gasteiger partial charge in [-0.05, 0) is 31.0 Å². The van der Waals surface area contributed by atoms with Crippen molar-refractivity contribution in [1.29, 1.82) is 0 Å². The standard InChI is InChI=1S/C24H32N4O5.Ca.2H/c1-5-8-18-21-22(27(4)26-18)23(29)28(20(6-2)25-21)13-14-33-17-11-9-16(10-12-17)15-19(24(30)31)32-7-3;;;/h9-12,19H,5-8,13-15H2,1-4H3,(H,30,31);;;. The molecule has 0 radical (unpaired) electrons. The van der Waals surface area contributed by atoms with Crippen LogP contribution in [0.3, 0.4) is 0 Å². The number of hydrogen-bond acceptors (Lipinski definition) is 6. The van der Waals surface area contributed by atoms with Gasteiger partial charge in [-0.2, -0.15) is 5.10 Å². The van der Waals surface area contributed by atoms with Gasteiger partial charge < -0.3 is 14.6 Å². The average Bonchev–Trinajstić information content (AvgIpc) is 3.11. The van der Waals surface area contributed by atoms with Gasteiger partial charge in [-0.25, -0.2) is 9.78 Å². The van der Waals surface area contributed by atoms with Crippen molar-refractivity contribution >= 4 is 54.7 Å². The van der Waals surface area contributed by atoms with Crippen LogP contribution in [0.15, 0.2) is 29.1 Å². The molecule has 0 spiro atoms. The van der Waals surface area contributed by atoms with Crippen LogP contribution in [0.25, 0.3) is 11.0 Å². The fourth-order valence-electron chi connectivity index (χ4n) is 3.88. The van der Waals surface area contributed by atoms with Crippen LogP contribution in [0, 0.1) is 0 Å². The predicted molar refractivity (Wildman–Crippen MR) is 133 cm³/mol. The zero-order valence-corrected chi connectivity index (χ0v) is 19.7. The van der Waals surface area contributed by atoms with Crippen molar-refractivity contribution in [3.63, 3.8) is 0 Å². The first kappa shape index (κ1) is 28.3. The van der Waals surface area contributed by atoms with Crippen molar-refractivity contribution in [3.05, 3.63) is 51.7 Å². The van der Waals surface area contributed by atoms with E-state index in [0.717, 1.165) is 24.1 Å². The predicted octanol–water partition coefficient (Wildman–Crippen LogP) is 1.84. The van der Waals surface area contributed by atoms with Gasteiger partial charge in [0, 0.05) is 26.5 Å². The topological polar surface area (TPSA) is 108 Å². The van der Waals surface area contributed by atoms with E-state index in [9.17, 15) is 14.7 Å². The van der Waals surface area contributed by atoms with Crippen LogP contribution >= 0.6 is 0 Å². The molecule has 0 saturated carbocycles. The van der Waals surface area contributed by atoms with Gasteiger partial charge in [0.25, 0.3) is 5.56 Å². The Balaban J connectivity index is 0.00000408. The van der Waals surface area contributed by atoms with E-state index in [1.807, 2.05) is 19.1 Å². The number of carbonyl (C=O) groups is 1. The van der Waals surface area contributed by atoms with Crippen LogP contribution < -0.4 is 10.3 Å². The zero-order chi connectivity index (χ0) is 24.0. The van der Waals surface area contributed by atoms with Crippen molar-refractivity contribution in [2.45, 2.75) is 59.1 Å². The Hall–Kier alpha value is -1.94. The quantitative estimate of drug-likeness (QED) is 0.380. The number of hydrogen-bond donors (Lipinski definition) is 1. The average molecular weight is 499 g/mol. The van der Waals surface area contributed by atoms with Gasteiger partial charge in [-0.1, -0.05) is 32.4 Å². The summed E-state index contributed by atoms with van der Waals surface area (Å²) in [6.45, 7) is 6.84. The molecule has 0 fully saturated rings. The number of carboxylic acids is 1. The summed E-state index contributed by atoms with van der Waals surface area (Å²) in [5.41, 5.74) is 2.81.